The van der Waals surface area contributed by atoms with Crippen molar-refractivity contribution < 1.29 is 9.53 Å². The fraction of sp³-hybridized carbons (Fsp3) is 0.263. The highest BCUT2D eigenvalue weighted by Gasteiger charge is 2.15. The average molecular weight is 357 g/mol. The topological polar surface area (TPSA) is 76.4 Å². The number of carbonyl (C=O) groups excluding carboxylic acids is 1. The fourth-order valence-electron chi connectivity index (χ4n) is 2.26. The highest BCUT2D eigenvalue weighted by molar-refractivity contribution is 7.80. The summed E-state index contributed by atoms with van der Waals surface area (Å²) in [4.78, 5) is 12.3. The zero-order valence-corrected chi connectivity index (χ0v) is 15.7. The molecule has 1 amide bonds. The number of carbonyl (C=O) groups is 1. The number of nitrogens with two attached hydrogens (primary N) is 1. The molecule has 0 fully saturated rings. The molecule has 0 unspecified atom stereocenters. The molecule has 0 bridgehead atoms. The van der Waals surface area contributed by atoms with Crippen molar-refractivity contribution in [3.05, 3.63) is 53.6 Å². The molecule has 0 aliphatic heterocycles. The van der Waals surface area contributed by atoms with Gasteiger partial charge in [-0.1, -0.05) is 32.9 Å². The van der Waals surface area contributed by atoms with Gasteiger partial charge in [0.05, 0.1) is 12.8 Å². The summed E-state index contributed by atoms with van der Waals surface area (Å²) in [5.41, 5.74) is 8.68. The molecule has 0 atom stereocenters. The second kappa shape index (κ2) is 7.53. The van der Waals surface area contributed by atoms with Crippen LogP contribution in [0.3, 0.4) is 0 Å². The molecule has 0 saturated heterocycles. The summed E-state index contributed by atoms with van der Waals surface area (Å²) >= 11 is 5.21. The molecule has 4 N–H and O–H groups in total. The van der Waals surface area contributed by atoms with E-state index in [1.165, 1.54) is 0 Å². The molecule has 2 aromatic rings. The highest BCUT2D eigenvalue weighted by atomic mass is 32.1. The maximum Gasteiger partial charge on any atom is 0.257 e. The number of methoxy groups -OCH3 is 1. The molecule has 0 aromatic heterocycles. The minimum absolute atomic E-state index is 0.0393. The predicted octanol–water partition coefficient (Wildman–Crippen LogP) is 3.70. The Labute approximate surface area is 153 Å². The zero-order chi connectivity index (χ0) is 18.6. The van der Waals surface area contributed by atoms with Crippen LogP contribution in [0.25, 0.3) is 0 Å². The van der Waals surface area contributed by atoms with E-state index in [-0.39, 0.29) is 16.4 Å². The lowest BCUT2D eigenvalue weighted by Gasteiger charge is -2.19. The Morgan fingerprint density at radius 1 is 1.12 bits per heavy atom. The lowest BCUT2D eigenvalue weighted by molar-refractivity contribution is 0.0977. The predicted molar refractivity (Wildman–Crippen MR) is 106 cm³/mol. The maximum absolute atomic E-state index is 12.3. The minimum atomic E-state index is -0.271. The summed E-state index contributed by atoms with van der Waals surface area (Å²) in [6.07, 6.45) is 0. The monoisotopic (exact) mass is 357 g/mol. The number of rotatable bonds is 3. The van der Waals surface area contributed by atoms with Gasteiger partial charge >= 0.3 is 0 Å². The molecular formula is C19H23N3O2S. The van der Waals surface area contributed by atoms with Crippen LogP contribution in [0.2, 0.25) is 0 Å². The third-order valence-corrected chi connectivity index (χ3v) is 3.92. The quantitative estimate of drug-likeness (QED) is 0.577. The first-order valence-corrected chi connectivity index (χ1v) is 8.28. The molecule has 2 rings (SSSR count). The lowest BCUT2D eigenvalue weighted by Crippen LogP contribution is -2.34. The van der Waals surface area contributed by atoms with Crippen LogP contribution in [-0.4, -0.2) is 18.1 Å². The van der Waals surface area contributed by atoms with Crippen molar-refractivity contribution in [2.24, 2.45) is 0 Å². The van der Waals surface area contributed by atoms with Crippen LogP contribution in [0.4, 0.5) is 11.4 Å². The first-order valence-electron chi connectivity index (χ1n) is 7.87. The Balaban J connectivity index is 2.04. The summed E-state index contributed by atoms with van der Waals surface area (Å²) in [5, 5.41) is 5.80. The molecule has 132 valence electrons. The van der Waals surface area contributed by atoms with Crippen LogP contribution in [0.1, 0.15) is 36.7 Å². The van der Waals surface area contributed by atoms with Crippen LogP contribution in [0.15, 0.2) is 42.5 Å². The molecule has 0 radical (unpaired) electrons. The second-order valence-electron chi connectivity index (χ2n) is 6.70. The molecule has 0 aliphatic rings. The lowest BCUT2D eigenvalue weighted by atomic mass is 9.87. The SMILES string of the molecule is COc1cc(N)ccc1NC(=S)NC(=O)c1ccc(C(C)(C)C)cc1. The molecule has 0 spiro atoms. The zero-order valence-electron chi connectivity index (χ0n) is 14.8. The van der Waals surface area contributed by atoms with Crippen LogP contribution >= 0.6 is 12.2 Å². The van der Waals surface area contributed by atoms with E-state index >= 15 is 0 Å². The highest BCUT2D eigenvalue weighted by Crippen LogP contribution is 2.26. The molecule has 25 heavy (non-hydrogen) atoms. The largest absolute Gasteiger partial charge is 0.494 e. The number of thiocarbonyl (C=S) groups is 1. The summed E-state index contributed by atoms with van der Waals surface area (Å²) in [6.45, 7) is 6.38. The maximum atomic E-state index is 12.3. The van der Waals surface area contributed by atoms with Gasteiger partial charge in [0.15, 0.2) is 5.11 Å². The Kier molecular flexibility index (Phi) is 5.64. The average Bonchev–Trinajstić information content (AvgIpc) is 2.55. The van der Waals surface area contributed by atoms with Crippen molar-refractivity contribution in [1.29, 1.82) is 0 Å². The number of hydrogen-bond acceptors (Lipinski definition) is 4. The van der Waals surface area contributed by atoms with Gasteiger partial charge in [0.2, 0.25) is 0 Å². The molecule has 6 heteroatoms. The first-order chi connectivity index (χ1) is 11.7. The van der Waals surface area contributed by atoms with Crippen molar-refractivity contribution in [2.75, 3.05) is 18.2 Å². The summed E-state index contributed by atoms with van der Waals surface area (Å²) in [5.74, 6) is 0.276. The second-order valence-corrected chi connectivity index (χ2v) is 7.10. The van der Waals surface area contributed by atoms with Crippen LogP contribution in [-0.2, 0) is 5.41 Å². The molecule has 2 aromatic carbocycles. The van der Waals surface area contributed by atoms with Gasteiger partial charge in [-0.3, -0.25) is 10.1 Å². The van der Waals surface area contributed by atoms with E-state index in [1.54, 1.807) is 37.4 Å². The summed E-state index contributed by atoms with van der Waals surface area (Å²) in [7, 11) is 1.54. The van der Waals surface area contributed by atoms with Gasteiger partial charge in [0.25, 0.3) is 5.91 Å². The molecule has 5 nitrogen and oxygen atoms in total. The number of nitrogen functional groups attached to an aromatic ring is 1. The van der Waals surface area contributed by atoms with Gasteiger partial charge in [-0.15, -0.1) is 0 Å². The van der Waals surface area contributed by atoms with E-state index in [9.17, 15) is 4.79 Å². The van der Waals surface area contributed by atoms with Crippen molar-refractivity contribution in [3.63, 3.8) is 0 Å². The number of ether oxygens (including phenoxy) is 1. The molecule has 0 aliphatic carbocycles. The smallest absolute Gasteiger partial charge is 0.257 e. The number of benzene rings is 2. The summed E-state index contributed by atoms with van der Waals surface area (Å²) in [6, 6.07) is 12.6. The number of hydrogen-bond donors (Lipinski definition) is 3. The third kappa shape index (κ3) is 4.93. The van der Waals surface area contributed by atoms with E-state index < -0.39 is 0 Å². The van der Waals surface area contributed by atoms with Crippen LogP contribution in [0, 0.1) is 0 Å². The van der Waals surface area contributed by atoms with E-state index in [1.807, 2.05) is 12.1 Å². The molecule has 0 saturated carbocycles. The Morgan fingerprint density at radius 3 is 2.32 bits per heavy atom. The van der Waals surface area contributed by atoms with Crippen LogP contribution < -0.4 is 21.1 Å². The number of amides is 1. The van der Waals surface area contributed by atoms with E-state index in [0.29, 0.717) is 22.7 Å². The first kappa shape index (κ1) is 18.7. The van der Waals surface area contributed by atoms with Gasteiger partial charge in [-0.25, -0.2) is 0 Å². The van der Waals surface area contributed by atoms with E-state index in [2.05, 4.69) is 31.4 Å². The van der Waals surface area contributed by atoms with E-state index in [0.717, 1.165) is 5.56 Å². The Hall–Kier alpha value is -2.60. The molecule has 0 heterocycles. The van der Waals surface area contributed by atoms with E-state index in [4.69, 9.17) is 22.7 Å². The van der Waals surface area contributed by atoms with Gasteiger partial charge in [0, 0.05) is 17.3 Å². The minimum Gasteiger partial charge on any atom is -0.494 e. The van der Waals surface area contributed by atoms with Gasteiger partial charge in [-0.2, -0.15) is 0 Å². The number of nitrogens with one attached hydrogen (secondary N) is 2. The summed E-state index contributed by atoms with van der Waals surface area (Å²) < 4.78 is 5.25. The van der Waals surface area contributed by atoms with Crippen molar-refractivity contribution in [3.8, 4) is 5.75 Å². The fourth-order valence-corrected chi connectivity index (χ4v) is 2.46. The third-order valence-electron chi connectivity index (χ3n) is 3.71. The Morgan fingerprint density at radius 2 is 1.76 bits per heavy atom. The standard InChI is InChI=1S/C19H23N3O2S/c1-19(2,3)13-7-5-12(6-8-13)17(23)22-18(25)21-15-10-9-14(20)11-16(15)24-4/h5-11H,20H2,1-4H3,(H2,21,22,23,25). The van der Waals surface area contributed by atoms with Gasteiger partial charge in [-0.05, 0) is 47.5 Å². The molecular weight excluding hydrogens is 334 g/mol. The Bertz CT molecular complexity index is 780. The van der Waals surface area contributed by atoms with Crippen molar-refractivity contribution in [2.45, 2.75) is 26.2 Å². The van der Waals surface area contributed by atoms with Gasteiger partial charge < -0.3 is 15.8 Å². The van der Waals surface area contributed by atoms with Crippen molar-refractivity contribution >= 4 is 34.6 Å². The normalized spacial score (nSPS) is 10.9. The number of anilines is 2. The van der Waals surface area contributed by atoms with Crippen LogP contribution in [0.5, 0.6) is 5.75 Å². The van der Waals surface area contributed by atoms with Gasteiger partial charge in [0.1, 0.15) is 5.75 Å². The van der Waals surface area contributed by atoms with Crippen molar-refractivity contribution in [1.82, 2.24) is 5.32 Å².